The van der Waals surface area contributed by atoms with Gasteiger partial charge in [0.05, 0.1) is 23.3 Å². The van der Waals surface area contributed by atoms with Crippen molar-refractivity contribution in [3.63, 3.8) is 0 Å². The fourth-order valence-electron chi connectivity index (χ4n) is 5.98. The van der Waals surface area contributed by atoms with Gasteiger partial charge in [-0.15, -0.1) is 0 Å². The van der Waals surface area contributed by atoms with Crippen LogP contribution in [0.15, 0.2) is 170 Å². The highest BCUT2D eigenvalue weighted by Crippen LogP contribution is 2.34. The summed E-state index contributed by atoms with van der Waals surface area (Å²) in [6.07, 6.45) is 0. The van der Waals surface area contributed by atoms with E-state index in [0.29, 0.717) is 11.1 Å². The topological polar surface area (TPSA) is 47.6 Å². The molecule has 0 heterocycles. The molecule has 0 unspecified atom stereocenters. The van der Waals surface area contributed by atoms with Crippen molar-refractivity contribution < 1.29 is 0 Å². The Morgan fingerprint density at radius 2 is 0.565 bits per heavy atom. The van der Waals surface area contributed by atoms with Gasteiger partial charge in [-0.1, -0.05) is 146 Å². The van der Waals surface area contributed by atoms with Gasteiger partial charge in [0.15, 0.2) is 0 Å². The van der Waals surface area contributed by atoms with E-state index in [4.69, 9.17) is 0 Å². The Balaban J connectivity index is 1.14. The molecule has 2 nitrogen and oxygen atoms in total. The molecule has 0 saturated heterocycles. The highest BCUT2D eigenvalue weighted by Gasteiger charge is 2.11. The maximum absolute atomic E-state index is 9.90. The minimum absolute atomic E-state index is 0.664. The lowest BCUT2D eigenvalue weighted by Gasteiger charge is -2.11. The van der Waals surface area contributed by atoms with Gasteiger partial charge < -0.3 is 0 Å². The van der Waals surface area contributed by atoms with Crippen molar-refractivity contribution in [2.24, 2.45) is 0 Å². The van der Waals surface area contributed by atoms with Crippen LogP contribution in [0, 0.1) is 22.7 Å². The van der Waals surface area contributed by atoms with Crippen molar-refractivity contribution in [3.8, 4) is 78.9 Å². The third-order valence-electron chi connectivity index (χ3n) is 8.39. The number of nitrogens with zero attached hydrogens (tertiary/aromatic N) is 2. The van der Waals surface area contributed by atoms with Crippen LogP contribution in [-0.2, 0) is 0 Å². The largest absolute Gasteiger partial charge is 0.192 e. The normalized spacial score (nSPS) is 10.6. The Hall–Kier alpha value is -6.48. The van der Waals surface area contributed by atoms with Crippen molar-refractivity contribution in [1.29, 1.82) is 10.5 Å². The summed E-state index contributed by atoms with van der Waals surface area (Å²) in [6.45, 7) is 0. The lowest BCUT2D eigenvalue weighted by atomic mass is 9.93. The SMILES string of the molecule is N#Cc1cc(-c2cccc(-c3ccc(-c4cccc(-c5ccc(-c6ccccc6)c(C#N)c5)c4)cc3)c2)ccc1-c1ccccc1. The van der Waals surface area contributed by atoms with Crippen LogP contribution in [0.1, 0.15) is 11.1 Å². The summed E-state index contributed by atoms with van der Waals surface area (Å²) in [5.74, 6) is 0. The third kappa shape index (κ3) is 5.72. The zero-order valence-electron chi connectivity index (χ0n) is 25.1. The van der Waals surface area contributed by atoms with E-state index in [1.54, 1.807) is 0 Å². The quantitative estimate of drug-likeness (QED) is 0.195. The zero-order valence-corrected chi connectivity index (χ0v) is 25.1. The van der Waals surface area contributed by atoms with Gasteiger partial charge in [-0.25, -0.2) is 0 Å². The molecule has 0 aliphatic rings. The number of hydrogen-bond donors (Lipinski definition) is 0. The molecule has 0 bridgehead atoms. The Morgan fingerprint density at radius 1 is 0.261 bits per heavy atom. The molecule has 46 heavy (non-hydrogen) atoms. The predicted molar refractivity (Wildman–Crippen MR) is 188 cm³/mol. The molecule has 0 saturated carbocycles. The second-order valence-electron chi connectivity index (χ2n) is 11.2. The first-order chi connectivity index (χ1) is 22.7. The van der Waals surface area contributed by atoms with Crippen LogP contribution >= 0.6 is 0 Å². The number of benzene rings is 7. The van der Waals surface area contributed by atoms with E-state index in [9.17, 15) is 10.5 Å². The monoisotopic (exact) mass is 584 g/mol. The molecule has 0 aliphatic heterocycles. The molecule has 7 rings (SSSR count). The van der Waals surface area contributed by atoms with Crippen molar-refractivity contribution in [2.45, 2.75) is 0 Å². The van der Waals surface area contributed by atoms with Gasteiger partial charge in [-0.3, -0.25) is 0 Å². The van der Waals surface area contributed by atoms with Crippen LogP contribution in [-0.4, -0.2) is 0 Å². The molecule has 0 fully saturated rings. The maximum atomic E-state index is 9.90. The van der Waals surface area contributed by atoms with Crippen molar-refractivity contribution in [1.82, 2.24) is 0 Å². The molecule has 0 atom stereocenters. The summed E-state index contributed by atoms with van der Waals surface area (Å²) >= 11 is 0. The van der Waals surface area contributed by atoms with Crippen LogP contribution in [0.3, 0.4) is 0 Å². The number of hydrogen-bond acceptors (Lipinski definition) is 2. The van der Waals surface area contributed by atoms with Gasteiger partial charge in [-0.05, 0) is 91.0 Å². The zero-order chi connectivity index (χ0) is 31.3. The molecule has 0 spiro atoms. The molecule has 0 aliphatic carbocycles. The Bertz CT molecular complexity index is 2090. The van der Waals surface area contributed by atoms with E-state index >= 15 is 0 Å². The summed E-state index contributed by atoms with van der Waals surface area (Å²) < 4.78 is 0. The lowest BCUT2D eigenvalue weighted by Crippen LogP contribution is -1.88. The van der Waals surface area contributed by atoms with E-state index in [1.807, 2.05) is 84.9 Å². The minimum atomic E-state index is 0.664. The average Bonchev–Trinajstić information content (AvgIpc) is 3.15. The predicted octanol–water partition coefficient (Wildman–Crippen LogP) is 11.4. The van der Waals surface area contributed by atoms with Crippen molar-refractivity contribution >= 4 is 0 Å². The van der Waals surface area contributed by atoms with Crippen LogP contribution in [0.2, 0.25) is 0 Å². The van der Waals surface area contributed by atoms with Crippen molar-refractivity contribution in [3.05, 3.63) is 181 Å². The Labute approximate surface area is 269 Å². The number of nitriles is 2. The van der Waals surface area contributed by atoms with E-state index in [2.05, 4.69) is 97.1 Å². The molecule has 0 radical (unpaired) electrons. The molecular weight excluding hydrogens is 556 g/mol. The average molecular weight is 585 g/mol. The van der Waals surface area contributed by atoms with Crippen LogP contribution in [0.4, 0.5) is 0 Å². The molecule has 214 valence electrons. The minimum Gasteiger partial charge on any atom is -0.192 e. The third-order valence-corrected chi connectivity index (χ3v) is 8.39. The first-order valence-corrected chi connectivity index (χ1v) is 15.2. The maximum Gasteiger partial charge on any atom is 0.0998 e. The molecule has 7 aromatic rings. The van der Waals surface area contributed by atoms with Gasteiger partial charge in [0.1, 0.15) is 0 Å². The standard InChI is InChI=1S/C44H28N2/c45-29-41-27-39(21-23-43(41)33-9-3-1-4-10-33)37-15-7-13-35(25-37)31-17-19-32(20-18-31)36-14-8-16-38(26-36)40-22-24-44(42(28-40)30-46)34-11-5-2-6-12-34/h1-28H. The highest BCUT2D eigenvalue weighted by molar-refractivity contribution is 5.81. The van der Waals surface area contributed by atoms with E-state index in [1.165, 1.54) is 0 Å². The first kappa shape index (κ1) is 28.3. The highest BCUT2D eigenvalue weighted by atomic mass is 14.3. The summed E-state index contributed by atoms with van der Waals surface area (Å²) in [4.78, 5) is 0. The van der Waals surface area contributed by atoms with Gasteiger partial charge in [0.25, 0.3) is 0 Å². The second-order valence-corrected chi connectivity index (χ2v) is 11.2. The fraction of sp³-hybridized carbons (Fsp3) is 0. The van der Waals surface area contributed by atoms with E-state index in [-0.39, 0.29) is 0 Å². The first-order valence-electron chi connectivity index (χ1n) is 15.2. The molecule has 0 amide bonds. The van der Waals surface area contributed by atoms with Gasteiger partial charge in [0.2, 0.25) is 0 Å². The molecule has 0 aromatic heterocycles. The number of rotatable bonds is 6. The summed E-state index contributed by atoms with van der Waals surface area (Å²) in [7, 11) is 0. The van der Waals surface area contributed by atoms with Gasteiger partial charge >= 0.3 is 0 Å². The molecule has 7 aromatic carbocycles. The van der Waals surface area contributed by atoms with E-state index < -0.39 is 0 Å². The molecule has 0 N–H and O–H groups in total. The smallest absolute Gasteiger partial charge is 0.0998 e. The summed E-state index contributed by atoms with van der Waals surface area (Å²) in [5, 5.41) is 19.8. The van der Waals surface area contributed by atoms with E-state index in [0.717, 1.165) is 66.8 Å². The summed E-state index contributed by atoms with van der Waals surface area (Å²) in [6, 6.07) is 62.6. The second kappa shape index (κ2) is 12.6. The van der Waals surface area contributed by atoms with Crippen LogP contribution in [0.25, 0.3) is 66.8 Å². The van der Waals surface area contributed by atoms with Crippen LogP contribution in [0.5, 0.6) is 0 Å². The van der Waals surface area contributed by atoms with Gasteiger partial charge in [0, 0.05) is 0 Å². The Morgan fingerprint density at radius 3 is 0.935 bits per heavy atom. The molecule has 2 heteroatoms. The summed E-state index contributed by atoms with van der Waals surface area (Å²) in [5.41, 5.74) is 13.9. The van der Waals surface area contributed by atoms with Crippen LogP contribution < -0.4 is 0 Å². The van der Waals surface area contributed by atoms with Crippen molar-refractivity contribution in [2.75, 3.05) is 0 Å². The fourth-order valence-corrected chi connectivity index (χ4v) is 5.98. The lowest BCUT2D eigenvalue weighted by molar-refractivity contribution is 1.47. The molecular formula is C44H28N2. The Kier molecular flexibility index (Phi) is 7.77. The van der Waals surface area contributed by atoms with Gasteiger partial charge in [-0.2, -0.15) is 10.5 Å².